The van der Waals surface area contributed by atoms with Gasteiger partial charge in [0.05, 0.1) is 18.5 Å². The molecule has 0 radical (unpaired) electrons. The van der Waals surface area contributed by atoms with Crippen LogP contribution in [0.15, 0.2) is 48.8 Å². The van der Waals surface area contributed by atoms with Crippen LogP contribution in [0.5, 0.6) is 5.75 Å². The number of aromatic nitrogens is 1. The summed E-state index contributed by atoms with van der Waals surface area (Å²) in [7, 11) is 1.47. The van der Waals surface area contributed by atoms with Crippen LogP contribution in [0.3, 0.4) is 0 Å². The van der Waals surface area contributed by atoms with Crippen molar-refractivity contribution in [3.63, 3.8) is 0 Å². The average Bonchev–Trinajstić information content (AvgIpc) is 2.68. The number of benzene rings is 2. The second kappa shape index (κ2) is 6.79. The monoisotopic (exact) mass is 386 g/mol. The predicted molar refractivity (Wildman–Crippen MR) is 101 cm³/mol. The van der Waals surface area contributed by atoms with Crippen molar-refractivity contribution < 1.29 is 18.7 Å². The van der Waals surface area contributed by atoms with Crippen LogP contribution in [0.25, 0.3) is 10.8 Å². The molecule has 0 saturated carbocycles. The van der Waals surface area contributed by atoms with Crippen LogP contribution >= 0.6 is 11.6 Å². The number of anilines is 1. The lowest BCUT2D eigenvalue weighted by atomic mass is 9.86. The molecule has 0 spiro atoms. The number of hydrogen-bond acceptors (Lipinski definition) is 4. The van der Waals surface area contributed by atoms with Crippen LogP contribution in [0, 0.1) is 5.82 Å². The molecule has 7 heteroatoms. The molecule has 0 aliphatic carbocycles. The topological polar surface area (TPSA) is 60.5 Å². The van der Waals surface area contributed by atoms with Gasteiger partial charge in [0, 0.05) is 41.1 Å². The number of ether oxygens (including phenoxy) is 2. The van der Waals surface area contributed by atoms with E-state index in [0.717, 1.165) is 5.39 Å². The first-order chi connectivity index (χ1) is 13.0. The van der Waals surface area contributed by atoms with Crippen molar-refractivity contribution in [1.82, 2.24) is 4.98 Å². The van der Waals surface area contributed by atoms with Gasteiger partial charge in [-0.15, -0.1) is 0 Å². The lowest BCUT2D eigenvalue weighted by molar-refractivity contribution is -0.142. The summed E-state index contributed by atoms with van der Waals surface area (Å²) < 4.78 is 25.0. The van der Waals surface area contributed by atoms with E-state index in [1.165, 1.54) is 25.4 Å². The number of carbonyl (C=O) groups excluding carboxylic acids is 1. The maximum Gasteiger partial charge on any atom is 0.261 e. The molecular weight excluding hydrogens is 371 g/mol. The smallest absolute Gasteiger partial charge is 0.261 e. The van der Waals surface area contributed by atoms with E-state index < -0.39 is 17.3 Å². The van der Waals surface area contributed by atoms with Gasteiger partial charge in [0.1, 0.15) is 11.6 Å². The summed E-state index contributed by atoms with van der Waals surface area (Å²) in [6.07, 6.45) is 3.41. The average molecular weight is 387 g/mol. The molecule has 5 nitrogen and oxygen atoms in total. The van der Waals surface area contributed by atoms with Crippen LogP contribution in [0.4, 0.5) is 10.1 Å². The molecule has 4 rings (SSSR count). The van der Waals surface area contributed by atoms with Gasteiger partial charge in [-0.2, -0.15) is 0 Å². The van der Waals surface area contributed by atoms with Gasteiger partial charge in [0.2, 0.25) is 0 Å². The van der Waals surface area contributed by atoms with E-state index in [-0.39, 0.29) is 0 Å². The van der Waals surface area contributed by atoms with Gasteiger partial charge >= 0.3 is 0 Å². The maximum absolute atomic E-state index is 13.7. The molecule has 0 bridgehead atoms. The van der Waals surface area contributed by atoms with E-state index in [4.69, 9.17) is 21.1 Å². The highest BCUT2D eigenvalue weighted by Gasteiger charge is 2.45. The minimum absolute atomic E-state index is 0.315. The Morgan fingerprint density at radius 1 is 1.30 bits per heavy atom. The number of fused-ring (bicyclic) bond motifs is 2. The Labute approximate surface area is 160 Å². The number of pyridine rings is 1. The third kappa shape index (κ3) is 3.01. The zero-order valence-electron chi connectivity index (χ0n) is 14.5. The van der Waals surface area contributed by atoms with Crippen molar-refractivity contribution in [2.75, 3.05) is 19.0 Å². The highest BCUT2D eigenvalue weighted by molar-refractivity contribution is 6.30. The van der Waals surface area contributed by atoms with Crippen molar-refractivity contribution in [1.29, 1.82) is 0 Å². The van der Waals surface area contributed by atoms with Crippen LogP contribution in [0.1, 0.15) is 12.0 Å². The van der Waals surface area contributed by atoms with Crippen LogP contribution in [-0.4, -0.2) is 24.6 Å². The summed E-state index contributed by atoms with van der Waals surface area (Å²) in [6, 6.07) is 9.40. The van der Waals surface area contributed by atoms with E-state index >= 15 is 0 Å². The van der Waals surface area contributed by atoms with E-state index in [9.17, 15) is 9.18 Å². The molecule has 138 valence electrons. The molecule has 1 aromatic heterocycles. The Morgan fingerprint density at radius 3 is 2.96 bits per heavy atom. The zero-order valence-corrected chi connectivity index (χ0v) is 15.2. The normalized spacial score (nSPS) is 18.6. The Kier molecular flexibility index (Phi) is 4.45. The number of carbonyl (C=O) groups is 1. The highest BCUT2D eigenvalue weighted by atomic mass is 35.5. The van der Waals surface area contributed by atoms with Gasteiger partial charge in [-0.3, -0.25) is 9.78 Å². The predicted octanol–water partition coefficient (Wildman–Crippen LogP) is 4.29. The fourth-order valence-corrected chi connectivity index (χ4v) is 3.55. The fourth-order valence-electron chi connectivity index (χ4n) is 3.38. The largest absolute Gasteiger partial charge is 0.493 e. The molecule has 1 N–H and O–H groups in total. The summed E-state index contributed by atoms with van der Waals surface area (Å²) >= 11 is 6.13. The maximum atomic E-state index is 13.7. The summed E-state index contributed by atoms with van der Waals surface area (Å²) in [5.41, 5.74) is -0.308. The first kappa shape index (κ1) is 17.7. The highest BCUT2D eigenvalue weighted by Crippen LogP contribution is 2.42. The second-order valence-corrected chi connectivity index (χ2v) is 6.71. The molecule has 1 aliphatic rings. The van der Waals surface area contributed by atoms with Crippen LogP contribution in [-0.2, 0) is 15.1 Å². The van der Waals surface area contributed by atoms with Crippen molar-refractivity contribution >= 4 is 34.0 Å². The molecule has 0 saturated heterocycles. The van der Waals surface area contributed by atoms with Crippen LogP contribution < -0.4 is 10.1 Å². The minimum Gasteiger partial charge on any atom is -0.493 e. The molecule has 2 aromatic carbocycles. The third-order valence-corrected chi connectivity index (χ3v) is 5.01. The van der Waals surface area contributed by atoms with E-state index in [2.05, 4.69) is 10.3 Å². The van der Waals surface area contributed by atoms with Gasteiger partial charge in [0.25, 0.3) is 5.91 Å². The molecule has 1 atom stereocenters. The number of halogens is 2. The Hall–Kier alpha value is -2.70. The number of methoxy groups -OCH3 is 1. The molecular formula is C20H16ClFN2O3. The summed E-state index contributed by atoms with van der Waals surface area (Å²) in [6.45, 7) is 0.318. The lowest BCUT2D eigenvalue weighted by Gasteiger charge is -2.36. The molecule has 2 heterocycles. The lowest BCUT2D eigenvalue weighted by Crippen LogP contribution is -2.45. The molecule has 3 aromatic rings. The van der Waals surface area contributed by atoms with E-state index in [1.54, 1.807) is 30.5 Å². The summed E-state index contributed by atoms with van der Waals surface area (Å²) in [5.74, 6) is -0.242. The minimum atomic E-state index is -1.27. The Morgan fingerprint density at radius 2 is 2.15 bits per heavy atom. The van der Waals surface area contributed by atoms with Crippen LogP contribution in [0.2, 0.25) is 5.02 Å². The van der Waals surface area contributed by atoms with E-state index in [0.29, 0.717) is 40.4 Å². The number of amides is 1. The number of nitrogens with zero attached hydrogens (tertiary/aromatic N) is 1. The third-order valence-electron chi connectivity index (χ3n) is 4.77. The molecule has 0 fully saturated rings. The SMILES string of the molecule is CO[C@@]1(C(=O)Nc2cncc3ccc(F)cc23)CCOc2ccc(Cl)cc21. The van der Waals surface area contributed by atoms with Gasteiger partial charge in [-0.25, -0.2) is 4.39 Å². The molecule has 1 aliphatic heterocycles. The fraction of sp³-hybridized carbons (Fsp3) is 0.200. The Bertz CT molecular complexity index is 1040. The first-order valence-corrected chi connectivity index (χ1v) is 8.74. The molecule has 27 heavy (non-hydrogen) atoms. The standard InChI is InChI=1S/C20H16ClFN2O3/c1-26-20(6-7-27-18-5-3-13(21)8-16(18)20)19(25)24-17-11-23-10-12-2-4-14(22)9-15(12)17/h2-5,8-11H,6-7H2,1H3,(H,24,25)/t20-/m0/s1. The van der Waals surface area contributed by atoms with E-state index in [1.807, 2.05) is 0 Å². The number of rotatable bonds is 3. The van der Waals surface area contributed by atoms with Crippen molar-refractivity contribution in [2.24, 2.45) is 0 Å². The Balaban J connectivity index is 1.77. The molecule has 1 amide bonds. The van der Waals surface area contributed by atoms with Gasteiger partial charge in [-0.1, -0.05) is 11.6 Å². The number of hydrogen-bond donors (Lipinski definition) is 1. The van der Waals surface area contributed by atoms with Gasteiger partial charge in [0.15, 0.2) is 5.60 Å². The van der Waals surface area contributed by atoms with Crippen molar-refractivity contribution in [2.45, 2.75) is 12.0 Å². The van der Waals surface area contributed by atoms with Gasteiger partial charge < -0.3 is 14.8 Å². The number of nitrogens with one attached hydrogen (secondary N) is 1. The van der Waals surface area contributed by atoms with Crippen molar-refractivity contribution in [3.8, 4) is 5.75 Å². The summed E-state index contributed by atoms with van der Waals surface area (Å²) in [4.78, 5) is 17.4. The molecule has 0 unspecified atom stereocenters. The quantitative estimate of drug-likeness (QED) is 0.729. The zero-order chi connectivity index (χ0) is 19.0. The van der Waals surface area contributed by atoms with Crippen molar-refractivity contribution in [3.05, 3.63) is 65.2 Å². The first-order valence-electron chi connectivity index (χ1n) is 8.36. The summed E-state index contributed by atoms with van der Waals surface area (Å²) in [5, 5.41) is 4.59. The van der Waals surface area contributed by atoms with Gasteiger partial charge in [-0.05, 0) is 36.4 Å². The second-order valence-electron chi connectivity index (χ2n) is 6.28.